The van der Waals surface area contributed by atoms with Crippen molar-refractivity contribution < 1.29 is 0 Å². The van der Waals surface area contributed by atoms with Gasteiger partial charge >= 0.3 is 0 Å². The van der Waals surface area contributed by atoms with Crippen molar-refractivity contribution in [2.75, 3.05) is 18.0 Å². The molecule has 0 spiro atoms. The molecule has 2 atom stereocenters. The van der Waals surface area contributed by atoms with Gasteiger partial charge in [-0.2, -0.15) is 0 Å². The van der Waals surface area contributed by atoms with Gasteiger partial charge in [0.25, 0.3) is 5.56 Å². The minimum Gasteiger partial charge on any atom is -0.355 e. The molecule has 1 aliphatic heterocycles. The van der Waals surface area contributed by atoms with Gasteiger partial charge in [0.2, 0.25) is 0 Å². The van der Waals surface area contributed by atoms with Gasteiger partial charge < -0.3 is 15.6 Å². The molecule has 2 rings (SSSR count). The number of aromatic amines is 1. The van der Waals surface area contributed by atoms with E-state index in [1.807, 2.05) is 6.92 Å². The van der Waals surface area contributed by atoms with Gasteiger partial charge in [0.1, 0.15) is 10.3 Å². The minimum absolute atomic E-state index is 0.144. The molecule has 0 aliphatic carbocycles. The Bertz CT molecular complexity index is 431. The SMILES string of the molecule is CC(N)C1CCN(c2nc[nH]c(=O)c2Br)C1. The molecule has 16 heavy (non-hydrogen) atoms. The zero-order valence-corrected chi connectivity index (χ0v) is 10.7. The maximum absolute atomic E-state index is 11.4. The van der Waals surface area contributed by atoms with E-state index in [-0.39, 0.29) is 11.6 Å². The van der Waals surface area contributed by atoms with Crippen LogP contribution in [0.15, 0.2) is 15.6 Å². The van der Waals surface area contributed by atoms with Gasteiger partial charge in [-0.15, -0.1) is 0 Å². The smallest absolute Gasteiger partial charge is 0.267 e. The van der Waals surface area contributed by atoms with Gasteiger partial charge in [-0.25, -0.2) is 4.98 Å². The Morgan fingerprint density at radius 3 is 3.12 bits per heavy atom. The van der Waals surface area contributed by atoms with Crippen LogP contribution in [0.2, 0.25) is 0 Å². The molecule has 0 saturated carbocycles. The molecule has 1 fully saturated rings. The Balaban J connectivity index is 2.21. The number of hydrogen-bond acceptors (Lipinski definition) is 4. The van der Waals surface area contributed by atoms with E-state index in [9.17, 15) is 4.79 Å². The van der Waals surface area contributed by atoms with Gasteiger partial charge in [-0.05, 0) is 35.2 Å². The number of nitrogens with zero attached hydrogens (tertiary/aromatic N) is 2. The molecule has 0 bridgehead atoms. The van der Waals surface area contributed by atoms with Crippen molar-refractivity contribution in [2.45, 2.75) is 19.4 Å². The fourth-order valence-corrected chi connectivity index (χ4v) is 2.47. The second-order valence-electron chi connectivity index (χ2n) is 4.22. The Morgan fingerprint density at radius 2 is 2.50 bits per heavy atom. The van der Waals surface area contributed by atoms with E-state index >= 15 is 0 Å². The highest BCUT2D eigenvalue weighted by Crippen LogP contribution is 2.26. The predicted molar refractivity (Wildman–Crippen MR) is 66.5 cm³/mol. The summed E-state index contributed by atoms with van der Waals surface area (Å²) in [6.45, 7) is 3.79. The molecule has 1 aliphatic rings. The van der Waals surface area contributed by atoms with E-state index in [2.05, 4.69) is 30.8 Å². The minimum atomic E-state index is -0.144. The lowest BCUT2D eigenvalue weighted by molar-refractivity contribution is 0.488. The highest BCUT2D eigenvalue weighted by atomic mass is 79.9. The maximum atomic E-state index is 11.4. The quantitative estimate of drug-likeness (QED) is 0.840. The van der Waals surface area contributed by atoms with E-state index in [4.69, 9.17) is 5.73 Å². The third-order valence-corrected chi connectivity index (χ3v) is 3.76. The molecular formula is C10H15BrN4O. The largest absolute Gasteiger partial charge is 0.355 e. The topological polar surface area (TPSA) is 75.0 Å². The van der Waals surface area contributed by atoms with Crippen LogP contribution in [0.4, 0.5) is 5.82 Å². The first-order chi connectivity index (χ1) is 7.59. The molecular weight excluding hydrogens is 272 g/mol. The number of nitrogens with one attached hydrogen (secondary N) is 1. The Labute approximate surface area is 102 Å². The van der Waals surface area contributed by atoms with Crippen LogP contribution in [-0.4, -0.2) is 29.1 Å². The summed E-state index contributed by atoms with van der Waals surface area (Å²) in [5.41, 5.74) is 5.74. The lowest BCUT2D eigenvalue weighted by Gasteiger charge is -2.19. The number of anilines is 1. The summed E-state index contributed by atoms with van der Waals surface area (Å²) in [6, 6.07) is 0.186. The monoisotopic (exact) mass is 286 g/mol. The summed E-state index contributed by atoms with van der Waals surface area (Å²) in [4.78, 5) is 20.3. The van der Waals surface area contributed by atoms with Gasteiger partial charge in [-0.1, -0.05) is 0 Å². The zero-order valence-electron chi connectivity index (χ0n) is 9.11. The molecule has 5 nitrogen and oxygen atoms in total. The molecule has 1 aromatic heterocycles. The molecule has 1 aromatic rings. The Kier molecular flexibility index (Phi) is 3.30. The van der Waals surface area contributed by atoms with Crippen LogP contribution >= 0.6 is 15.9 Å². The predicted octanol–water partition coefficient (Wildman–Crippen LogP) is 0.706. The fraction of sp³-hybridized carbons (Fsp3) is 0.600. The van der Waals surface area contributed by atoms with Crippen molar-refractivity contribution in [1.29, 1.82) is 0 Å². The molecule has 1 saturated heterocycles. The zero-order chi connectivity index (χ0) is 11.7. The van der Waals surface area contributed by atoms with Crippen LogP contribution in [0.5, 0.6) is 0 Å². The van der Waals surface area contributed by atoms with Crippen molar-refractivity contribution >= 4 is 21.7 Å². The van der Waals surface area contributed by atoms with E-state index in [1.165, 1.54) is 6.33 Å². The van der Waals surface area contributed by atoms with Crippen LogP contribution in [0, 0.1) is 5.92 Å². The van der Waals surface area contributed by atoms with E-state index in [0.717, 1.165) is 19.5 Å². The van der Waals surface area contributed by atoms with E-state index < -0.39 is 0 Å². The first-order valence-electron chi connectivity index (χ1n) is 5.33. The highest BCUT2D eigenvalue weighted by Gasteiger charge is 2.27. The normalized spacial score (nSPS) is 22.4. The molecule has 3 N–H and O–H groups in total. The van der Waals surface area contributed by atoms with E-state index in [1.54, 1.807) is 0 Å². The average Bonchev–Trinajstić information content (AvgIpc) is 2.71. The Hall–Kier alpha value is -0.880. The summed E-state index contributed by atoms with van der Waals surface area (Å²) in [5, 5.41) is 0. The molecule has 0 amide bonds. The lowest BCUT2D eigenvalue weighted by Crippen LogP contribution is -2.30. The summed E-state index contributed by atoms with van der Waals surface area (Å²) >= 11 is 3.27. The summed E-state index contributed by atoms with van der Waals surface area (Å²) < 4.78 is 0.500. The third-order valence-electron chi connectivity index (χ3n) is 3.05. The van der Waals surface area contributed by atoms with Crippen molar-refractivity contribution in [3.63, 3.8) is 0 Å². The molecule has 88 valence electrons. The van der Waals surface area contributed by atoms with Gasteiger partial charge in [0.15, 0.2) is 0 Å². The maximum Gasteiger partial charge on any atom is 0.267 e. The first-order valence-corrected chi connectivity index (χ1v) is 6.12. The van der Waals surface area contributed by atoms with Crippen molar-refractivity contribution in [2.24, 2.45) is 11.7 Å². The van der Waals surface area contributed by atoms with Gasteiger partial charge in [-0.3, -0.25) is 4.79 Å². The number of H-pyrrole nitrogens is 1. The number of nitrogens with two attached hydrogens (primary N) is 1. The molecule has 2 unspecified atom stereocenters. The second kappa shape index (κ2) is 4.55. The average molecular weight is 287 g/mol. The number of aromatic nitrogens is 2. The number of hydrogen-bond donors (Lipinski definition) is 2. The van der Waals surface area contributed by atoms with Crippen LogP contribution in [0.1, 0.15) is 13.3 Å². The second-order valence-corrected chi connectivity index (χ2v) is 5.02. The molecule has 2 heterocycles. The number of halogens is 1. The van der Waals surface area contributed by atoms with Crippen LogP contribution < -0.4 is 16.2 Å². The first kappa shape index (κ1) is 11.6. The van der Waals surface area contributed by atoms with Crippen molar-refractivity contribution in [3.05, 3.63) is 21.2 Å². The van der Waals surface area contributed by atoms with Crippen LogP contribution in [0.3, 0.4) is 0 Å². The summed E-state index contributed by atoms with van der Waals surface area (Å²) in [5.74, 6) is 1.19. The third kappa shape index (κ3) is 2.12. The highest BCUT2D eigenvalue weighted by molar-refractivity contribution is 9.10. The summed E-state index contributed by atoms with van der Waals surface area (Å²) in [6.07, 6.45) is 2.49. The standard InChI is InChI=1S/C10H15BrN4O/c1-6(12)7-2-3-15(4-7)9-8(11)10(16)14-5-13-9/h5-7H,2-4,12H2,1H3,(H,13,14,16). The summed E-state index contributed by atoms with van der Waals surface area (Å²) in [7, 11) is 0. The van der Waals surface area contributed by atoms with Crippen molar-refractivity contribution in [3.8, 4) is 0 Å². The van der Waals surface area contributed by atoms with Gasteiger partial charge in [0.05, 0.1) is 6.33 Å². The molecule has 6 heteroatoms. The Morgan fingerprint density at radius 1 is 1.75 bits per heavy atom. The molecule has 0 radical (unpaired) electrons. The number of rotatable bonds is 2. The lowest BCUT2D eigenvalue weighted by atomic mass is 10.0. The van der Waals surface area contributed by atoms with Crippen molar-refractivity contribution in [1.82, 2.24) is 9.97 Å². The fourth-order valence-electron chi connectivity index (χ4n) is 2.00. The van der Waals surface area contributed by atoms with Crippen LogP contribution in [-0.2, 0) is 0 Å². The van der Waals surface area contributed by atoms with Gasteiger partial charge in [0, 0.05) is 19.1 Å². The molecule has 0 aromatic carbocycles. The van der Waals surface area contributed by atoms with E-state index in [0.29, 0.717) is 16.2 Å². The van der Waals surface area contributed by atoms with Crippen LogP contribution in [0.25, 0.3) is 0 Å².